The van der Waals surface area contributed by atoms with Crippen LogP contribution in [0.15, 0.2) is 48.5 Å². The Morgan fingerprint density at radius 1 is 0.824 bits per heavy atom. The summed E-state index contributed by atoms with van der Waals surface area (Å²) in [6.45, 7) is 3.98. The first-order valence-electron chi connectivity index (χ1n) is 5.66. The number of phenols is 1. The van der Waals surface area contributed by atoms with Crippen LogP contribution in [-0.4, -0.2) is 5.11 Å². The fourth-order valence-corrected chi connectivity index (χ4v) is 1.75. The Balaban J connectivity index is 2.33. The van der Waals surface area contributed by atoms with E-state index in [1.165, 1.54) is 0 Å². The van der Waals surface area contributed by atoms with Crippen LogP contribution in [0, 0.1) is 0 Å². The van der Waals surface area contributed by atoms with Gasteiger partial charge in [-0.3, -0.25) is 0 Å². The Morgan fingerprint density at radius 3 is 1.65 bits per heavy atom. The van der Waals surface area contributed by atoms with E-state index in [1.807, 2.05) is 38.1 Å². The van der Waals surface area contributed by atoms with Gasteiger partial charge in [-0.2, -0.15) is 0 Å². The quantitative estimate of drug-likeness (QED) is 0.827. The lowest BCUT2D eigenvalue weighted by atomic mass is 9.93. The summed E-state index contributed by atoms with van der Waals surface area (Å²) < 4.78 is 0. The van der Waals surface area contributed by atoms with E-state index < -0.39 is 0 Å². The molecule has 17 heavy (non-hydrogen) atoms. The Kier molecular flexibility index (Phi) is 2.90. The summed E-state index contributed by atoms with van der Waals surface area (Å²) in [5.41, 5.74) is 9.04. The summed E-state index contributed by atoms with van der Waals surface area (Å²) in [5.74, 6) is 0.286. The average Bonchev–Trinajstić information content (AvgIpc) is 2.29. The Morgan fingerprint density at radius 2 is 1.24 bits per heavy atom. The van der Waals surface area contributed by atoms with E-state index in [4.69, 9.17) is 5.73 Å². The molecule has 0 aliphatic heterocycles. The molecule has 0 unspecified atom stereocenters. The molecule has 88 valence electrons. The fraction of sp³-hybridized carbons (Fsp3) is 0.200. The van der Waals surface area contributed by atoms with Gasteiger partial charge in [0.05, 0.1) is 0 Å². The van der Waals surface area contributed by atoms with Gasteiger partial charge in [0.15, 0.2) is 0 Å². The van der Waals surface area contributed by atoms with Crippen molar-refractivity contribution < 1.29 is 5.11 Å². The molecule has 0 amide bonds. The van der Waals surface area contributed by atoms with Crippen molar-refractivity contribution in [1.29, 1.82) is 0 Å². The van der Waals surface area contributed by atoms with Gasteiger partial charge in [0.2, 0.25) is 0 Å². The van der Waals surface area contributed by atoms with E-state index in [9.17, 15) is 5.11 Å². The fourth-order valence-electron chi connectivity index (χ4n) is 1.75. The lowest BCUT2D eigenvalue weighted by molar-refractivity contribution is 0.475. The van der Waals surface area contributed by atoms with E-state index in [0.29, 0.717) is 0 Å². The molecule has 0 atom stereocenters. The molecule has 2 heteroatoms. The maximum atomic E-state index is 9.24. The van der Waals surface area contributed by atoms with Crippen LogP contribution in [0.2, 0.25) is 0 Å². The van der Waals surface area contributed by atoms with Crippen molar-refractivity contribution in [2.45, 2.75) is 19.4 Å². The molecule has 0 bridgehead atoms. The number of nitrogens with two attached hydrogens (primary N) is 1. The first-order valence-corrected chi connectivity index (χ1v) is 5.66. The highest BCUT2D eigenvalue weighted by Crippen LogP contribution is 2.24. The minimum atomic E-state index is -0.312. The van der Waals surface area contributed by atoms with Crippen LogP contribution in [-0.2, 0) is 5.54 Å². The van der Waals surface area contributed by atoms with E-state index in [1.54, 1.807) is 12.1 Å². The molecule has 0 aromatic heterocycles. The second kappa shape index (κ2) is 4.22. The van der Waals surface area contributed by atoms with Gasteiger partial charge < -0.3 is 10.8 Å². The molecule has 0 heterocycles. The zero-order valence-corrected chi connectivity index (χ0v) is 10.1. The first-order chi connectivity index (χ1) is 7.97. The van der Waals surface area contributed by atoms with Gasteiger partial charge in [-0.1, -0.05) is 36.4 Å². The molecule has 0 radical (unpaired) electrons. The molecule has 0 saturated carbocycles. The molecule has 2 aromatic rings. The van der Waals surface area contributed by atoms with Gasteiger partial charge in [0.1, 0.15) is 5.75 Å². The number of aromatic hydroxyl groups is 1. The van der Waals surface area contributed by atoms with Gasteiger partial charge in [-0.15, -0.1) is 0 Å². The van der Waals surface area contributed by atoms with Crippen LogP contribution in [0.5, 0.6) is 5.75 Å². The minimum absolute atomic E-state index is 0.286. The molecule has 0 fully saturated rings. The number of rotatable bonds is 2. The van der Waals surface area contributed by atoms with Crippen molar-refractivity contribution in [2.75, 3.05) is 0 Å². The molecule has 0 saturated heterocycles. The lowest BCUT2D eigenvalue weighted by Gasteiger charge is -2.19. The predicted octanol–water partition coefficient (Wildman–Crippen LogP) is 3.25. The predicted molar refractivity (Wildman–Crippen MR) is 70.8 cm³/mol. The van der Waals surface area contributed by atoms with E-state index >= 15 is 0 Å². The second-order valence-corrected chi connectivity index (χ2v) is 4.85. The zero-order chi connectivity index (χ0) is 12.5. The monoisotopic (exact) mass is 227 g/mol. The third kappa shape index (κ3) is 2.66. The average molecular weight is 227 g/mol. The van der Waals surface area contributed by atoms with Crippen LogP contribution < -0.4 is 5.73 Å². The SMILES string of the molecule is CC(C)(N)c1ccc(-c2ccc(O)cc2)cc1. The van der Waals surface area contributed by atoms with Gasteiger partial charge in [0, 0.05) is 5.54 Å². The molecule has 0 spiro atoms. The van der Waals surface area contributed by atoms with E-state index in [2.05, 4.69) is 12.1 Å². The van der Waals surface area contributed by atoms with Crippen molar-refractivity contribution in [3.63, 3.8) is 0 Å². The first kappa shape index (κ1) is 11.7. The molecular formula is C15H17NO. The van der Waals surface area contributed by atoms with Gasteiger partial charge in [-0.05, 0) is 42.7 Å². The number of hydrogen-bond donors (Lipinski definition) is 2. The zero-order valence-electron chi connectivity index (χ0n) is 10.1. The van der Waals surface area contributed by atoms with Crippen molar-refractivity contribution >= 4 is 0 Å². The summed E-state index contributed by atoms with van der Waals surface area (Å²) in [5, 5.41) is 9.24. The summed E-state index contributed by atoms with van der Waals surface area (Å²) in [7, 11) is 0. The highest BCUT2D eigenvalue weighted by molar-refractivity contribution is 5.64. The van der Waals surface area contributed by atoms with Crippen LogP contribution >= 0.6 is 0 Å². The molecule has 0 aliphatic rings. The smallest absolute Gasteiger partial charge is 0.115 e. The standard InChI is InChI=1S/C15H17NO/c1-15(2,16)13-7-3-11(4-8-13)12-5-9-14(17)10-6-12/h3-10,17H,16H2,1-2H3. The van der Waals surface area contributed by atoms with Crippen LogP contribution in [0.25, 0.3) is 11.1 Å². The normalized spacial score (nSPS) is 11.5. The van der Waals surface area contributed by atoms with Crippen LogP contribution in [0.4, 0.5) is 0 Å². The second-order valence-electron chi connectivity index (χ2n) is 4.85. The molecular weight excluding hydrogens is 210 g/mol. The summed E-state index contributed by atoms with van der Waals surface area (Å²) >= 11 is 0. The van der Waals surface area contributed by atoms with Crippen molar-refractivity contribution in [3.05, 3.63) is 54.1 Å². The summed E-state index contributed by atoms with van der Waals surface area (Å²) in [6, 6.07) is 15.4. The van der Waals surface area contributed by atoms with Crippen LogP contribution in [0.1, 0.15) is 19.4 Å². The third-order valence-electron chi connectivity index (χ3n) is 2.83. The number of phenolic OH excluding ortho intramolecular Hbond substituents is 1. The molecule has 2 nitrogen and oxygen atoms in total. The maximum absolute atomic E-state index is 9.24. The summed E-state index contributed by atoms with van der Waals surface area (Å²) in [4.78, 5) is 0. The highest BCUT2D eigenvalue weighted by Gasteiger charge is 2.13. The van der Waals surface area contributed by atoms with Crippen molar-refractivity contribution in [1.82, 2.24) is 0 Å². The Labute approximate surface area is 102 Å². The largest absolute Gasteiger partial charge is 0.508 e. The van der Waals surface area contributed by atoms with E-state index in [-0.39, 0.29) is 11.3 Å². The van der Waals surface area contributed by atoms with Gasteiger partial charge in [-0.25, -0.2) is 0 Å². The number of benzene rings is 2. The Bertz CT molecular complexity index is 492. The van der Waals surface area contributed by atoms with Crippen molar-refractivity contribution in [3.8, 4) is 16.9 Å². The van der Waals surface area contributed by atoms with Crippen molar-refractivity contribution in [2.24, 2.45) is 5.73 Å². The molecule has 2 rings (SSSR count). The Hall–Kier alpha value is -1.80. The third-order valence-corrected chi connectivity index (χ3v) is 2.83. The summed E-state index contributed by atoms with van der Waals surface area (Å²) in [6.07, 6.45) is 0. The lowest BCUT2D eigenvalue weighted by Crippen LogP contribution is -2.28. The van der Waals surface area contributed by atoms with Crippen LogP contribution in [0.3, 0.4) is 0 Å². The number of hydrogen-bond acceptors (Lipinski definition) is 2. The topological polar surface area (TPSA) is 46.2 Å². The molecule has 2 aromatic carbocycles. The minimum Gasteiger partial charge on any atom is -0.508 e. The van der Waals surface area contributed by atoms with Gasteiger partial charge in [0.25, 0.3) is 0 Å². The highest BCUT2D eigenvalue weighted by atomic mass is 16.3. The molecule has 0 aliphatic carbocycles. The molecule has 3 N–H and O–H groups in total. The maximum Gasteiger partial charge on any atom is 0.115 e. The van der Waals surface area contributed by atoms with Gasteiger partial charge >= 0.3 is 0 Å². The van der Waals surface area contributed by atoms with E-state index in [0.717, 1.165) is 16.7 Å².